The molecule has 154 valence electrons. The number of hydrogen-bond donors (Lipinski definition) is 1. The number of rotatable bonds is 2. The molecule has 0 radical (unpaired) electrons. The van der Waals surface area contributed by atoms with Gasteiger partial charge >= 0.3 is 11.7 Å². The highest BCUT2D eigenvalue weighted by molar-refractivity contribution is 5.94. The number of aromatic nitrogens is 2. The second-order valence-corrected chi connectivity index (χ2v) is 7.73. The second kappa shape index (κ2) is 8.14. The first-order valence-corrected chi connectivity index (χ1v) is 10.3. The third-order valence-corrected chi connectivity index (χ3v) is 5.80. The molecule has 2 saturated heterocycles. The Balaban J connectivity index is 1.37. The molecule has 1 aromatic heterocycles. The Hall–Kier alpha value is -3.03. The van der Waals surface area contributed by atoms with Crippen molar-refractivity contribution in [3.8, 4) is 5.69 Å². The zero-order valence-corrected chi connectivity index (χ0v) is 16.8. The van der Waals surface area contributed by atoms with E-state index in [9.17, 15) is 14.4 Å². The van der Waals surface area contributed by atoms with Gasteiger partial charge in [0.15, 0.2) is 0 Å². The molecule has 2 fully saturated rings. The van der Waals surface area contributed by atoms with E-state index in [0.717, 1.165) is 37.3 Å². The summed E-state index contributed by atoms with van der Waals surface area (Å²) in [7, 11) is 0. The average Bonchev–Trinajstić information content (AvgIpc) is 3.11. The smallest absolute Gasteiger partial charge is 0.330 e. The fraction of sp³-hybridized carbons (Fsp3) is 0.476. The van der Waals surface area contributed by atoms with Crippen LogP contribution in [0.4, 0.5) is 4.79 Å². The van der Waals surface area contributed by atoms with Crippen LogP contribution in [-0.4, -0.2) is 75.5 Å². The number of benzene rings is 1. The van der Waals surface area contributed by atoms with E-state index in [2.05, 4.69) is 4.98 Å². The number of aromatic amines is 1. The molecule has 0 spiro atoms. The van der Waals surface area contributed by atoms with Gasteiger partial charge < -0.3 is 19.7 Å². The van der Waals surface area contributed by atoms with Gasteiger partial charge in [0.25, 0.3) is 5.91 Å². The van der Waals surface area contributed by atoms with Crippen molar-refractivity contribution >= 4 is 11.9 Å². The van der Waals surface area contributed by atoms with Crippen LogP contribution < -0.4 is 5.69 Å². The highest BCUT2D eigenvalue weighted by Gasteiger charge is 2.28. The Bertz CT molecular complexity index is 932. The lowest BCUT2D eigenvalue weighted by Crippen LogP contribution is -2.54. The van der Waals surface area contributed by atoms with Crippen LogP contribution in [0.1, 0.15) is 35.3 Å². The summed E-state index contributed by atoms with van der Waals surface area (Å²) in [6.07, 6.45) is 5.01. The quantitative estimate of drug-likeness (QED) is 0.840. The van der Waals surface area contributed by atoms with Crippen LogP contribution in [0.3, 0.4) is 0 Å². The van der Waals surface area contributed by atoms with Gasteiger partial charge in [0, 0.05) is 56.7 Å². The third-order valence-electron chi connectivity index (χ3n) is 5.80. The van der Waals surface area contributed by atoms with E-state index < -0.39 is 0 Å². The van der Waals surface area contributed by atoms with Gasteiger partial charge in [-0.1, -0.05) is 0 Å². The number of urea groups is 1. The summed E-state index contributed by atoms with van der Waals surface area (Å²) in [6, 6.07) is 7.18. The van der Waals surface area contributed by atoms with Crippen LogP contribution in [0, 0.1) is 6.92 Å². The number of piperidine rings is 1. The lowest BCUT2D eigenvalue weighted by Gasteiger charge is -2.38. The first-order valence-electron chi connectivity index (χ1n) is 10.3. The molecule has 0 saturated carbocycles. The maximum absolute atomic E-state index is 12.8. The van der Waals surface area contributed by atoms with Crippen molar-refractivity contribution < 1.29 is 9.59 Å². The number of aryl methyl sites for hydroxylation is 1. The van der Waals surface area contributed by atoms with Gasteiger partial charge in [0.2, 0.25) is 0 Å². The minimum Gasteiger partial charge on any atom is -0.335 e. The number of nitrogens with zero attached hydrogens (tertiary/aromatic N) is 4. The van der Waals surface area contributed by atoms with E-state index in [1.165, 1.54) is 6.42 Å². The summed E-state index contributed by atoms with van der Waals surface area (Å²) in [6.45, 7) is 5.74. The summed E-state index contributed by atoms with van der Waals surface area (Å²) < 4.78 is 1.57. The molecular formula is C21H27N5O3. The molecule has 0 unspecified atom stereocenters. The van der Waals surface area contributed by atoms with E-state index >= 15 is 0 Å². The van der Waals surface area contributed by atoms with Crippen molar-refractivity contribution in [3.63, 3.8) is 0 Å². The van der Waals surface area contributed by atoms with Crippen molar-refractivity contribution in [2.24, 2.45) is 0 Å². The Kier molecular flexibility index (Phi) is 5.42. The Labute approximate surface area is 169 Å². The van der Waals surface area contributed by atoms with Crippen molar-refractivity contribution in [3.05, 3.63) is 52.2 Å². The number of carbonyl (C=O) groups is 2. The minimum absolute atomic E-state index is 0.0419. The molecule has 0 aliphatic carbocycles. The lowest BCUT2D eigenvalue weighted by molar-refractivity contribution is 0.0633. The number of hydrogen-bond acceptors (Lipinski definition) is 3. The maximum atomic E-state index is 12.8. The maximum Gasteiger partial charge on any atom is 0.330 e. The number of carbonyl (C=O) groups excluding carboxylic acids is 2. The van der Waals surface area contributed by atoms with Crippen molar-refractivity contribution in [1.82, 2.24) is 24.3 Å². The molecule has 4 rings (SSSR count). The van der Waals surface area contributed by atoms with Gasteiger partial charge in [0.1, 0.15) is 0 Å². The largest absolute Gasteiger partial charge is 0.335 e. The second-order valence-electron chi connectivity index (χ2n) is 7.73. The topological polar surface area (TPSA) is 81.6 Å². The summed E-state index contributed by atoms with van der Waals surface area (Å²) >= 11 is 0. The molecule has 0 bridgehead atoms. The van der Waals surface area contributed by atoms with Gasteiger partial charge in [0.05, 0.1) is 5.69 Å². The fourth-order valence-corrected chi connectivity index (χ4v) is 4.10. The normalized spacial score (nSPS) is 17.5. The fourth-order valence-electron chi connectivity index (χ4n) is 4.10. The summed E-state index contributed by atoms with van der Waals surface area (Å²) in [4.78, 5) is 45.6. The molecule has 0 atom stereocenters. The Morgan fingerprint density at radius 2 is 1.41 bits per heavy atom. The highest BCUT2D eigenvalue weighted by Crippen LogP contribution is 2.16. The first-order chi connectivity index (χ1) is 14.0. The molecule has 3 heterocycles. The van der Waals surface area contributed by atoms with E-state index in [4.69, 9.17) is 0 Å². The first kappa shape index (κ1) is 19.3. The van der Waals surface area contributed by atoms with Crippen molar-refractivity contribution in [1.29, 1.82) is 0 Å². The SMILES string of the molecule is Cc1c[nH]c(=O)n1-c1ccc(C(=O)N2CCN(C(=O)N3CCCCC3)CC2)cc1. The van der Waals surface area contributed by atoms with Crippen LogP contribution in [0.2, 0.25) is 0 Å². The summed E-state index contributed by atoms with van der Waals surface area (Å²) in [5, 5.41) is 0. The van der Waals surface area contributed by atoms with E-state index in [1.807, 2.05) is 16.7 Å². The molecule has 8 nitrogen and oxygen atoms in total. The number of H-pyrrole nitrogens is 1. The molecule has 1 aromatic carbocycles. The zero-order chi connectivity index (χ0) is 20.4. The van der Waals surface area contributed by atoms with Gasteiger partial charge in [-0.05, 0) is 50.5 Å². The number of piperazine rings is 1. The minimum atomic E-state index is -0.198. The molecule has 8 heteroatoms. The molecule has 2 aromatic rings. The van der Waals surface area contributed by atoms with Gasteiger partial charge in [-0.2, -0.15) is 0 Å². The van der Waals surface area contributed by atoms with Gasteiger partial charge in [-0.3, -0.25) is 9.36 Å². The van der Waals surface area contributed by atoms with Crippen LogP contribution in [0.15, 0.2) is 35.3 Å². The number of nitrogens with one attached hydrogen (secondary N) is 1. The van der Waals surface area contributed by atoms with Crippen molar-refractivity contribution in [2.75, 3.05) is 39.3 Å². The standard InChI is InChI=1S/C21H27N5O3/c1-16-15-22-20(28)26(16)18-7-5-17(6-8-18)19(27)23-11-13-25(14-12-23)21(29)24-9-3-2-4-10-24/h5-8,15H,2-4,9-14H2,1H3,(H,22,28). The van der Waals surface area contributed by atoms with Crippen LogP contribution in [-0.2, 0) is 0 Å². The molecule has 3 amide bonds. The molecular weight excluding hydrogens is 370 g/mol. The van der Waals surface area contributed by atoms with Crippen LogP contribution in [0.5, 0.6) is 0 Å². The van der Waals surface area contributed by atoms with E-state index in [0.29, 0.717) is 31.7 Å². The Morgan fingerprint density at radius 3 is 2.00 bits per heavy atom. The molecule has 29 heavy (non-hydrogen) atoms. The number of likely N-dealkylation sites (tertiary alicyclic amines) is 1. The molecule has 2 aliphatic rings. The Morgan fingerprint density at radius 1 is 0.828 bits per heavy atom. The van der Waals surface area contributed by atoms with Crippen LogP contribution >= 0.6 is 0 Å². The third kappa shape index (κ3) is 3.92. The molecule has 1 N–H and O–H groups in total. The number of imidazole rings is 1. The summed E-state index contributed by atoms with van der Waals surface area (Å²) in [5.74, 6) is -0.0419. The average molecular weight is 397 g/mol. The van der Waals surface area contributed by atoms with Gasteiger partial charge in [-0.15, -0.1) is 0 Å². The van der Waals surface area contributed by atoms with Crippen molar-refractivity contribution in [2.45, 2.75) is 26.2 Å². The summed E-state index contributed by atoms with van der Waals surface area (Å²) in [5.41, 5.74) is 1.92. The molecule has 2 aliphatic heterocycles. The predicted molar refractivity (Wildman–Crippen MR) is 109 cm³/mol. The monoisotopic (exact) mass is 397 g/mol. The highest BCUT2D eigenvalue weighted by atomic mass is 16.2. The van der Waals surface area contributed by atoms with E-state index in [-0.39, 0.29) is 17.6 Å². The predicted octanol–water partition coefficient (Wildman–Crippen LogP) is 1.84. The van der Waals surface area contributed by atoms with Gasteiger partial charge in [-0.25, -0.2) is 9.59 Å². The lowest BCUT2D eigenvalue weighted by atomic mass is 10.1. The zero-order valence-electron chi connectivity index (χ0n) is 16.8. The number of amides is 3. The van der Waals surface area contributed by atoms with Crippen LogP contribution in [0.25, 0.3) is 5.69 Å². The van der Waals surface area contributed by atoms with E-state index in [1.54, 1.807) is 39.9 Å².